The highest BCUT2D eigenvalue weighted by atomic mass is 32.2. The van der Waals surface area contributed by atoms with Crippen LogP contribution in [0.2, 0.25) is 0 Å². The van der Waals surface area contributed by atoms with E-state index in [0.717, 1.165) is 28.1 Å². The quantitative estimate of drug-likeness (QED) is 0.706. The number of para-hydroxylation sites is 1. The molecule has 25 heavy (non-hydrogen) atoms. The van der Waals surface area contributed by atoms with E-state index in [1.54, 1.807) is 12.1 Å². The summed E-state index contributed by atoms with van der Waals surface area (Å²) in [5, 5.41) is 10.1. The molecule has 1 aromatic heterocycles. The van der Waals surface area contributed by atoms with Gasteiger partial charge in [0.2, 0.25) is 10.0 Å². The van der Waals surface area contributed by atoms with Crippen molar-refractivity contribution in [3.8, 4) is 6.07 Å². The van der Waals surface area contributed by atoms with Gasteiger partial charge in [0, 0.05) is 6.54 Å². The number of fused-ring (bicyclic) bond motifs is 1. The van der Waals surface area contributed by atoms with E-state index in [2.05, 4.69) is 4.98 Å². The van der Waals surface area contributed by atoms with Crippen LogP contribution in [0.15, 0.2) is 53.4 Å². The van der Waals surface area contributed by atoms with Crippen molar-refractivity contribution in [3.05, 3.63) is 59.1 Å². The summed E-state index contributed by atoms with van der Waals surface area (Å²) in [6.45, 7) is 0.447. The molecule has 0 spiro atoms. The molecule has 2 heterocycles. The predicted octanol–water partition coefficient (Wildman–Crippen LogP) is 3.69. The Morgan fingerprint density at radius 2 is 1.92 bits per heavy atom. The first-order valence-corrected chi connectivity index (χ1v) is 10.2. The minimum absolute atomic E-state index is 0.0745. The van der Waals surface area contributed by atoms with Crippen LogP contribution in [0.25, 0.3) is 10.2 Å². The number of aromatic nitrogens is 1. The van der Waals surface area contributed by atoms with E-state index >= 15 is 0 Å². The molecule has 0 saturated carbocycles. The Hall–Kier alpha value is -2.27. The summed E-state index contributed by atoms with van der Waals surface area (Å²) < 4.78 is 28.9. The van der Waals surface area contributed by atoms with Crippen LogP contribution in [0.1, 0.15) is 29.5 Å². The maximum Gasteiger partial charge on any atom is 0.245 e. The molecule has 1 fully saturated rings. The summed E-state index contributed by atoms with van der Waals surface area (Å²) in [6.07, 6.45) is 1.53. The standard InChI is InChI=1S/C18H15N3O2S2/c19-12-13-6-1-4-10-17(13)25(22,23)21-11-5-8-15(21)18-20-14-7-2-3-9-16(14)24-18/h1-4,6-7,9-10,15H,5,8,11H2. The van der Waals surface area contributed by atoms with Crippen LogP contribution in [0, 0.1) is 11.3 Å². The molecule has 0 bridgehead atoms. The number of rotatable bonds is 3. The van der Waals surface area contributed by atoms with Gasteiger partial charge in [0.25, 0.3) is 0 Å². The van der Waals surface area contributed by atoms with Gasteiger partial charge in [-0.15, -0.1) is 11.3 Å². The highest BCUT2D eigenvalue weighted by molar-refractivity contribution is 7.89. The lowest BCUT2D eigenvalue weighted by Gasteiger charge is -2.23. The Kier molecular flexibility index (Phi) is 4.04. The molecule has 0 amide bonds. The lowest BCUT2D eigenvalue weighted by Crippen LogP contribution is -2.31. The molecule has 1 unspecified atom stereocenters. The number of nitriles is 1. The van der Waals surface area contributed by atoms with Crippen LogP contribution in [-0.2, 0) is 10.0 Å². The molecule has 2 aromatic carbocycles. The fourth-order valence-electron chi connectivity index (χ4n) is 3.22. The maximum absolute atomic E-state index is 13.2. The molecule has 3 aromatic rings. The van der Waals surface area contributed by atoms with E-state index in [0.29, 0.717) is 6.54 Å². The number of thiazole rings is 1. The van der Waals surface area contributed by atoms with Gasteiger partial charge in [-0.3, -0.25) is 0 Å². The van der Waals surface area contributed by atoms with Crippen LogP contribution >= 0.6 is 11.3 Å². The minimum atomic E-state index is -3.74. The Bertz CT molecular complexity index is 1050. The van der Waals surface area contributed by atoms with Gasteiger partial charge in [0.15, 0.2) is 0 Å². The first kappa shape index (κ1) is 16.2. The summed E-state index contributed by atoms with van der Waals surface area (Å²) in [6, 6.07) is 15.9. The molecule has 1 atom stereocenters. The molecule has 126 valence electrons. The van der Waals surface area contributed by atoms with Crippen molar-refractivity contribution in [1.82, 2.24) is 9.29 Å². The molecule has 1 aliphatic heterocycles. The van der Waals surface area contributed by atoms with Gasteiger partial charge in [-0.2, -0.15) is 9.57 Å². The van der Waals surface area contributed by atoms with Crippen LogP contribution in [-0.4, -0.2) is 24.3 Å². The molecule has 1 aliphatic rings. The monoisotopic (exact) mass is 369 g/mol. The average molecular weight is 369 g/mol. The van der Waals surface area contributed by atoms with Crippen molar-refractivity contribution < 1.29 is 8.42 Å². The Labute approximate surface area is 150 Å². The first-order valence-electron chi connectivity index (χ1n) is 7.98. The van der Waals surface area contributed by atoms with E-state index in [-0.39, 0.29) is 16.5 Å². The smallest absolute Gasteiger partial charge is 0.239 e. The molecule has 5 nitrogen and oxygen atoms in total. The molecular weight excluding hydrogens is 354 g/mol. The number of hydrogen-bond acceptors (Lipinski definition) is 5. The second kappa shape index (κ2) is 6.23. The maximum atomic E-state index is 13.2. The van der Waals surface area contributed by atoms with Crippen LogP contribution in [0.5, 0.6) is 0 Å². The molecule has 4 rings (SSSR count). The van der Waals surface area contributed by atoms with Crippen LogP contribution < -0.4 is 0 Å². The third-order valence-corrected chi connectivity index (χ3v) is 7.50. The SMILES string of the molecule is N#Cc1ccccc1S(=O)(=O)N1CCCC1c1nc2ccccc2s1. The fourth-order valence-corrected chi connectivity index (χ4v) is 6.20. The van der Waals surface area contributed by atoms with Gasteiger partial charge in [-0.1, -0.05) is 24.3 Å². The average Bonchev–Trinajstić information content (AvgIpc) is 3.28. The van der Waals surface area contributed by atoms with E-state index < -0.39 is 10.0 Å². The predicted molar refractivity (Wildman–Crippen MR) is 96.6 cm³/mol. The molecule has 0 radical (unpaired) electrons. The highest BCUT2D eigenvalue weighted by Crippen LogP contribution is 2.40. The topological polar surface area (TPSA) is 74.1 Å². The zero-order valence-corrected chi connectivity index (χ0v) is 14.9. The second-order valence-corrected chi connectivity index (χ2v) is 8.82. The van der Waals surface area contributed by atoms with Crippen molar-refractivity contribution in [2.45, 2.75) is 23.8 Å². The zero-order chi connectivity index (χ0) is 17.4. The largest absolute Gasteiger partial charge is 0.245 e. The summed E-state index contributed by atoms with van der Waals surface area (Å²) in [5.41, 5.74) is 1.07. The normalized spacial score (nSPS) is 18.4. The van der Waals surface area contributed by atoms with Crippen molar-refractivity contribution in [1.29, 1.82) is 5.26 Å². The van der Waals surface area contributed by atoms with Gasteiger partial charge in [0.05, 0.1) is 26.7 Å². The van der Waals surface area contributed by atoms with Crippen LogP contribution in [0.3, 0.4) is 0 Å². The Balaban J connectivity index is 1.77. The number of hydrogen-bond donors (Lipinski definition) is 0. The van der Waals surface area contributed by atoms with Crippen molar-refractivity contribution in [2.75, 3.05) is 6.54 Å². The van der Waals surface area contributed by atoms with Gasteiger partial charge < -0.3 is 0 Å². The molecular formula is C18H15N3O2S2. The van der Waals surface area contributed by atoms with Crippen molar-refractivity contribution >= 4 is 31.6 Å². The van der Waals surface area contributed by atoms with Gasteiger partial charge in [-0.05, 0) is 37.1 Å². The van der Waals surface area contributed by atoms with Gasteiger partial charge >= 0.3 is 0 Å². The third kappa shape index (κ3) is 2.72. The first-order chi connectivity index (χ1) is 12.1. The lowest BCUT2D eigenvalue weighted by molar-refractivity contribution is 0.396. The van der Waals surface area contributed by atoms with E-state index in [1.165, 1.54) is 27.8 Å². The van der Waals surface area contributed by atoms with Crippen molar-refractivity contribution in [2.24, 2.45) is 0 Å². The second-order valence-electron chi connectivity index (χ2n) is 5.90. The molecule has 0 aliphatic carbocycles. The van der Waals surface area contributed by atoms with E-state index in [9.17, 15) is 13.7 Å². The molecule has 1 saturated heterocycles. The van der Waals surface area contributed by atoms with Gasteiger partial charge in [0.1, 0.15) is 11.1 Å². The third-order valence-electron chi connectivity index (χ3n) is 4.39. The summed E-state index contributed by atoms with van der Waals surface area (Å²) in [7, 11) is -3.74. The van der Waals surface area contributed by atoms with E-state index in [4.69, 9.17) is 0 Å². The van der Waals surface area contributed by atoms with E-state index in [1.807, 2.05) is 30.3 Å². The van der Waals surface area contributed by atoms with Gasteiger partial charge in [-0.25, -0.2) is 13.4 Å². The van der Waals surface area contributed by atoms with Crippen LogP contribution in [0.4, 0.5) is 0 Å². The molecule has 0 N–H and O–H groups in total. The number of sulfonamides is 1. The fraction of sp³-hybridized carbons (Fsp3) is 0.222. The number of nitrogens with zero attached hydrogens (tertiary/aromatic N) is 3. The molecule has 7 heteroatoms. The zero-order valence-electron chi connectivity index (χ0n) is 13.3. The lowest BCUT2D eigenvalue weighted by atomic mass is 10.2. The summed E-state index contributed by atoms with van der Waals surface area (Å²) >= 11 is 1.54. The van der Waals surface area contributed by atoms with Crippen molar-refractivity contribution in [3.63, 3.8) is 0 Å². The summed E-state index contributed by atoms with van der Waals surface area (Å²) in [5.74, 6) is 0. The highest BCUT2D eigenvalue weighted by Gasteiger charge is 2.38. The number of benzene rings is 2. The minimum Gasteiger partial charge on any atom is -0.239 e. The Morgan fingerprint density at radius 1 is 1.16 bits per heavy atom. The summed E-state index contributed by atoms with van der Waals surface area (Å²) in [4.78, 5) is 4.72. The Morgan fingerprint density at radius 3 is 2.72 bits per heavy atom.